The van der Waals surface area contributed by atoms with Crippen molar-refractivity contribution < 1.29 is 9.72 Å². The number of rotatable bonds is 7. The van der Waals surface area contributed by atoms with E-state index in [1.165, 1.54) is 18.2 Å². The topological polar surface area (TPSA) is 63.5 Å². The Balaban J connectivity index is 2.66. The van der Waals surface area contributed by atoms with Crippen molar-refractivity contribution in [3.8, 4) is 0 Å². The lowest BCUT2D eigenvalue weighted by atomic mass is 10.1. The number of hydrogen-bond donors (Lipinski definition) is 0. The minimum absolute atomic E-state index is 0.0444. The molecule has 1 rings (SSSR count). The first-order valence-electron chi connectivity index (χ1n) is 6.00. The van der Waals surface area contributed by atoms with Crippen LogP contribution in [-0.2, 0) is 0 Å². The molecule has 0 aromatic heterocycles. The molecule has 0 aliphatic rings. The third-order valence-corrected chi connectivity index (χ3v) is 2.69. The maximum absolute atomic E-state index is 11.9. The van der Waals surface area contributed by atoms with Crippen molar-refractivity contribution in [2.75, 3.05) is 20.1 Å². The average molecular weight is 250 g/mol. The Kier molecular flexibility index (Phi) is 5.45. The summed E-state index contributed by atoms with van der Waals surface area (Å²) in [7, 11) is 1.88. The molecule has 0 heterocycles. The van der Waals surface area contributed by atoms with Crippen LogP contribution < -0.4 is 0 Å². The molecule has 0 saturated heterocycles. The number of unbranched alkanes of at least 4 members (excludes halogenated alkanes) is 1. The summed E-state index contributed by atoms with van der Waals surface area (Å²) in [6.07, 6.45) is 2.12. The van der Waals surface area contributed by atoms with Gasteiger partial charge < -0.3 is 0 Å². The lowest BCUT2D eigenvalue weighted by Gasteiger charge is -2.14. The fraction of sp³-hybridized carbons (Fsp3) is 0.462. The molecule has 1 aromatic rings. The maximum atomic E-state index is 11.9. The number of hydrogen-bond acceptors (Lipinski definition) is 4. The summed E-state index contributed by atoms with van der Waals surface area (Å²) >= 11 is 0. The van der Waals surface area contributed by atoms with E-state index in [1.54, 1.807) is 6.07 Å². The Bertz CT molecular complexity index is 432. The van der Waals surface area contributed by atoms with Gasteiger partial charge in [-0.3, -0.25) is 19.8 Å². The fourth-order valence-electron chi connectivity index (χ4n) is 1.64. The van der Waals surface area contributed by atoms with E-state index in [0.29, 0.717) is 12.1 Å². The van der Waals surface area contributed by atoms with Crippen LogP contribution in [0.25, 0.3) is 0 Å². The lowest BCUT2D eigenvalue weighted by molar-refractivity contribution is -0.384. The largest absolute Gasteiger partial charge is 0.299 e. The number of carbonyl (C=O) groups excluding carboxylic acids is 1. The van der Waals surface area contributed by atoms with Crippen LogP contribution in [0.2, 0.25) is 0 Å². The van der Waals surface area contributed by atoms with Gasteiger partial charge in [-0.25, -0.2) is 0 Å². The Hall–Kier alpha value is -1.75. The van der Waals surface area contributed by atoms with E-state index < -0.39 is 4.92 Å². The number of nitrogens with zero attached hydrogens (tertiary/aromatic N) is 2. The Morgan fingerprint density at radius 1 is 1.44 bits per heavy atom. The summed E-state index contributed by atoms with van der Waals surface area (Å²) < 4.78 is 0. The monoisotopic (exact) mass is 250 g/mol. The standard InChI is InChI=1S/C13H18N2O3/c1-3-4-8-14(2)10-13(16)11-6-5-7-12(9-11)15(17)18/h5-7,9H,3-4,8,10H2,1-2H3. The van der Waals surface area contributed by atoms with Crippen LogP contribution in [0.15, 0.2) is 24.3 Å². The van der Waals surface area contributed by atoms with Crippen molar-refractivity contribution >= 4 is 11.5 Å². The Morgan fingerprint density at radius 2 is 2.17 bits per heavy atom. The van der Waals surface area contributed by atoms with Crippen LogP contribution in [0, 0.1) is 10.1 Å². The van der Waals surface area contributed by atoms with Gasteiger partial charge in [-0.15, -0.1) is 0 Å². The van der Waals surface area contributed by atoms with Gasteiger partial charge in [0.2, 0.25) is 0 Å². The number of carbonyl (C=O) groups is 1. The second kappa shape index (κ2) is 6.86. The number of nitro groups is 1. The minimum atomic E-state index is -0.489. The zero-order valence-electron chi connectivity index (χ0n) is 10.8. The predicted octanol–water partition coefficient (Wildman–Crippen LogP) is 2.51. The molecule has 98 valence electrons. The van der Waals surface area contributed by atoms with Gasteiger partial charge >= 0.3 is 0 Å². The Labute approximate surface area is 107 Å². The van der Waals surface area contributed by atoms with E-state index in [1.807, 2.05) is 11.9 Å². The number of likely N-dealkylation sites (N-methyl/N-ethyl adjacent to an activating group) is 1. The molecule has 0 unspecified atom stereocenters. The first-order chi connectivity index (χ1) is 8.54. The molecular formula is C13H18N2O3. The number of benzene rings is 1. The van der Waals surface area contributed by atoms with Crippen LogP contribution in [0.4, 0.5) is 5.69 Å². The molecule has 0 radical (unpaired) electrons. The van der Waals surface area contributed by atoms with Crippen molar-refractivity contribution in [2.24, 2.45) is 0 Å². The highest BCUT2D eigenvalue weighted by Gasteiger charge is 2.12. The maximum Gasteiger partial charge on any atom is 0.270 e. The minimum Gasteiger partial charge on any atom is -0.299 e. The molecule has 0 saturated carbocycles. The second-order valence-corrected chi connectivity index (χ2v) is 4.32. The van der Waals surface area contributed by atoms with E-state index in [-0.39, 0.29) is 11.5 Å². The quantitative estimate of drug-likeness (QED) is 0.424. The zero-order valence-corrected chi connectivity index (χ0v) is 10.8. The summed E-state index contributed by atoms with van der Waals surface area (Å²) in [6, 6.07) is 5.87. The van der Waals surface area contributed by atoms with Crippen molar-refractivity contribution in [3.63, 3.8) is 0 Å². The average Bonchev–Trinajstić information content (AvgIpc) is 2.36. The van der Waals surface area contributed by atoms with E-state index in [2.05, 4.69) is 6.92 Å². The molecule has 0 N–H and O–H groups in total. The van der Waals surface area contributed by atoms with Gasteiger partial charge in [0.1, 0.15) is 0 Å². The summed E-state index contributed by atoms with van der Waals surface area (Å²) in [4.78, 5) is 24.0. The number of nitro benzene ring substituents is 1. The number of Topliss-reactive ketones (excluding diaryl/α,β-unsaturated/α-hetero) is 1. The summed E-state index contributed by atoms with van der Waals surface area (Å²) in [5.41, 5.74) is 0.351. The molecule has 0 bridgehead atoms. The van der Waals surface area contributed by atoms with Crippen LogP contribution in [0.1, 0.15) is 30.1 Å². The second-order valence-electron chi connectivity index (χ2n) is 4.32. The molecule has 1 aromatic carbocycles. The molecule has 18 heavy (non-hydrogen) atoms. The molecule has 0 fully saturated rings. The third kappa shape index (κ3) is 4.25. The van der Waals surface area contributed by atoms with Crippen LogP contribution >= 0.6 is 0 Å². The molecule has 5 heteroatoms. The van der Waals surface area contributed by atoms with Crippen molar-refractivity contribution in [2.45, 2.75) is 19.8 Å². The first kappa shape index (κ1) is 14.3. The summed E-state index contributed by atoms with van der Waals surface area (Å²) in [6.45, 7) is 3.24. The van der Waals surface area contributed by atoms with Crippen LogP contribution in [0.5, 0.6) is 0 Å². The van der Waals surface area contributed by atoms with Gasteiger partial charge in [-0.05, 0) is 20.0 Å². The predicted molar refractivity (Wildman–Crippen MR) is 69.8 cm³/mol. The van der Waals surface area contributed by atoms with Gasteiger partial charge in [0.05, 0.1) is 11.5 Å². The smallest absolute Gasteiger partial charge is 0.270 e. The van der Waals surface area contributed by atoms with E-state index >= 15 is 0 Å². The highest BCUT2D eigenvalue weighted by Crippen LogP contribution is 2.13. The van der Waals surface area contributed by atoms with Gasteiger partial charge in [-0.1, -0.05) is 25.5 Å². The van der Waals surface area contributed by atoms with E-state index in [0.717, 1.165) is 19.4 Å². The van der Waals surface area contributed by atoms with Gasteiger partial charge in [-0.2, -0.15) is 0 Å². The zero-order chi connectivity index (χ0) is 13.5. The fourth-order valence-corrected chi connectivity index (χ4v) is 1.64. The van der Waals surface area contributed by atoms with Gasteiger partial charge in [0, 0.05) is 17.7 Å². The van der Waals surface area contributed by atoms with Crippen molar-refractivity contribution in [1.29, 1.82) is 0 Å². The van der Waals surface area contributed by atoms with E-state index in [9.17, 15) is 14.9 Å². The van der Waals surface area contributed by atoms with Gasteiger partial charge in [0.25, 0.3) is 5.69 Å². The van der Waals surface area contributed by atoms with Crippen molar-refractivity contribution in [3.05, 3.63) is 39.9 Å². The molecule has 0 spiro atoms. The highest BCUT2D eigenvalue weighted by atomic mass is 16.6. The van der Waals surface area contributed by atoms with Gasteiger partial charge in [0.15, 0.2) is 5.78 Å². The van der Waals surface area contributed by atoms with Crippen LogP contribution in [0.3, 0.4) is 0 Å². The summed E-state index contributed by atoms with van der Waals surface area (Å²) in [5, 5.41) is 10.6. The third-order valence-electron chi connectivity index (χ3n) is 2.69. The SMILES string of the molecule is CCCCN(C)CC(=O)c1cccc([N+](=O)[O-])c1. The number of ketones is 1. The molecule has 0 aliphatic carbocycles. The first-order valence-corrected chi connectivity index (χ1v) is 6.00. The lowest BCUT2D eigenvalue weighted by Crippen LogP contribution is -2.26. The summed E-state index contributed by atoms with van der Waals surface area (Å²) in [5.74, 6) is -0.0858. The van der Waals surface area contributed by atoms with Crippen molar-refractivity contribution in [1.82, 2.24) is 4.90 Å². The van der Waals surface area contributed by atoms with E-state index in [4.69, 9.17) is 0 Å². The molecular weight excluding hydrogens is 232 g/mol. The molecule has 5 nitrogen and oxygen atoms in total. The normalized spacial score (nSPS) is 10.6. The molecule has 0 amide bonds. The highest BCUT2D eigenvalue weighted by molar-refractivity contribution is 5.98. The number of non-ortho nitro benzene ring substituents is 1. The molecule has 0 atom stereocenters. The van der Waals surface area contributed by atoms with Crippen LogP contribution in [-0.4, -0.2) is 35.7 Å². The Morgan fingerprint density at radius 3 is 2.78 bits per heavy atom. The molecule has 0 aliphatic heterocycles.